The first kappa shape index (κ1) is 16.2. The molecule has 0 saturated heterocycles. The molecule has 1 heterocycles. The smallest absolute Gasteiger partial charge is 0.249 e. The Hall–Kier alpha value is -0.900. The number of hydrogen-bond donors (Lipinski definition) is 1. The van der Waals surface area contributed by atoms with E-state index in [0.29, 0.717) is 11.5 Å². The van der Waals surface area contributed by atoms with Gasteiger partial charge in [-0.05, 0) is 25.6 Å². The van der Waals surface area contributed by atoms with Gasteiger partial charge < -0.3 is 15.5 Å². The Bertz CT molecular complexity index is 524. The molecule has 0 aliphatic heterocycles. The summed E-state index contributed by atoms with van der Waals surface area (Å²) in [4.78, 5) is 3.99. The predicted octanol–water partition coefficient (Wildman–Crippen LogP) is -0.0266. The predicted molar refractivity (Wildman–Crippen MR) is 79.2 cm³/mol. The maximum atomic E-state index is 12.3. The summed E-state index contributed by atoms with van der Waals surface area (Å²) in [5.74, 6) is 0.0606. The van der Waals surface area contributed by atoms with E-state index >= 15 is 0 Å². The third-order valence-corrected chi connectivity index (χ3v) is 5.61. The Morgan fingerprint density at radius 3 is 2.21 bits per heavy atom. The Labute approximate surface area is 118 Å². The van der Waals surface area contributed by atoms with Crippen molar-refractivity contribution in [1.82, 2.24) is 13.6 Å². The van der Waals surface area contributed by atoms with Crippen LogP contribution in [0.4, 0.5) is 10.8 Å². The second-order valence-corrected chi connectivity index (χ2v) is 7.55. The van der Waals surface area contributed by atoms with E-state index in [0.717, 1.165) is 22.4 Å². The highest BCUT2D eigenvalue weighted by Crippen LogP contribution is 2.35. The largest absolute Gasteiger partial charge is 0.382 e. The van der Waals surface area contributed by atoms with Gasteiger partial charge in [0.25, 0.3) is 0 Å². The third-order valence-electron chi connectivity index (χ3n) is 2.63. The highest BCUT2D eigenvalue weighted by Gasteiger charge is 2.29. The molecule has 0 unspecified atom stereocenters. The van der Waals surface area contributed by atoms with Crippen LogP contribution in [0.1, 0.15) is 0 Å². The number of sulfonamides is 1. The lowest BCUT2D eigenvalue weighted by Crippen LogP contribution is -2.30. The second kappa shape index (κ2) is 6.04. The Morgan fingerprint density at radius 1 is 1.16 bits per heavy atom. The Kier molecular flexibility index (Phi) is 5.13. The molecular weight excluding hydrogens is 286 g/mol. The monoisotopic (exact) mass is 307 g/mol. The van der Waals surface area contributed by atoms with Crippen LogP contribution in [0, 0.1) is 0 Å². The fraction of sp³-hybridized carbons (Fsp3) is 0.700. The zero-order valence-electron chi connectivity index (χ0n) is 11.9. The van der Waals surface area contributed by atoms with Gasteiger partial charge in [0.15, 0.2) is 10.7 Å². The van der Waals surface area contributed by atoms with Crippen molar-refractivity contribution in [2.24, 2.45) is 0 Å². The summed E-state index contributed by atoms with van der Waals surface area (Å²) in [7, 11) is 5.15. The van der Waals surface area contributed by atoms with Crippen molar-refractivity contribution in [1.29, 1.82) is 0 Å². The maximum Gasteiger partial charge on any atom is 0.249 e. The number of nitrogens with two attached hydrogens (primary N) is 1. The van der Waals surface area contributed by atoms with Gasteiger partial charge in [0.1, 0.15) is 5.00 Å². The van der Waals surface area contributed by atoms with E-state index in [-0.39, 0.29) is 10.7 Å². The molecule has 0 saturated carbocycles. The van der Waals surface area contributed by atoms with Crippen molar-refractivity contribution >= 4 is 32.4 Å². The van der Waals surface area contributed by atoms with Crippen LogP contribution in [0.15, 0.2) is 4.90 Å². The highest BCUT2D eigenvalue weighted by atomic mass is 32.2. The number of nitrogen functional groups attached to an aromatic ring is 1. The van der Waals surface area contributed by atoms with E-state index in [1.54, 1.807) is 0 Å². The van der Waals surface area contributed by atoms with Gasteiger partial charge in [-0.15, -0.1) is 0 Å². The van der Waals surface area contributed by atoms with E-state index in [9.17, 15) is 8.42 Å². The van der Waals surface area contributed by atoms with Gasteiger partial charge in [0.2, 0.25) is 10.0 Å². The lowest BCUT2D eigenvalue weighted by molar-refractivity contribution is 0.416. The Morgan fingerprint density at radius 2 is 1.74 bits per heavy atom. The summed E-state index contributed by atoms with van der Waals surface area (Å²) in [6, 6.07) is 0. The molecule has 1 aromatic rings. The van der Waals surface area contributed by atoms with Gasteiger partial charge in [0.05, 0.1) is 0 Å². The van der Waals surface area contributed by atoms with Gasteiger partial charge in [-0.2, -0.15) is 4.37 Å². The van der Waals surface area contributed by atoms with Crippen LogP contribution in [0.25, 0.3) is 0 Å². The van der Waals surface area contributed by atoms with Gasteiger partial charge in [-0.25, -0.2) is 12.7 Å². The molecule has 0 fully saturated rings. The molecule has 0 aliphatic rings. The van der Waals surface area contributed by atoms with Crippen molar-refractivity contribution < 1.29 is 8.42 Å². The van der Waals surface area contributed by atoms with Crippen molar-refractivity contribution in [2.45, 2.75) is 4.90 Å². The van der Waals surface area contributed by atoms with Crippen LogP contribution in [0.5, 0.6) is 0 Å². The Balaban J connectivity index is 3.11. The third kappa shape index (κ3) is 3.56. The lowest BCUT2D eigenvalue weighted by Gasteiger charge is -2.21. The minimum atomic E-state index is -3.58. The molecule has 110 valence electrons. The molecular formula is C10H21N5O2S2. The highest BCUT2D eigenvalue weighted by molar-refractivity contribution is 7.89. The molecule has 0 atom stereocenters. The molecule has 1 aromatic heterocycles. The summed E-state index contributed by atoms with van der Waals surface area (Å²) in [5.41, 5.74) is 5.72. The molecule has 0 aliphatic carbocycles. The number of rotatable bonds is 6. The van der Waals surface area contributed by atoms with E-state index in [2.05, 4.69) is 4.37 Å². The fourth-order valence-electron chi connectivity index (χ4n) is 1.40. The lowest BCUT2D eigenvalue weighted by atomic mass is 10.5. The normalized spacial score (nSPS) is 12.4. The molecule has 19 heavy (non-hydrogen) atoms. The van der Waals surface area contributed by atoms with Gasteiger partial charge in [-0.3, -0.25) is 0 Å². The second-order valence-electron chi connectivity index (χ2n) is 4.71. The van der Waals surface area contributed by atoms with E-state index in [1.165, 1.54) is 14.1 Å². The fourth-order valence-corrected chi connectivity index (χ4v) is 3.64. The number of anilines is 2. The average Bonchev–Trinajstić information content (AvgIpc) is 2.68. The van der Waals surface area contributed by atoms with E-state index in [4.69, 9.17) is 5.73 Å². The zero-order valence-corrected chi connectivity index (χ0v) is 13.5. The molecule has 0 amide bonds. The van der Waals surface area contributed by atoms with Crippen LogP contribution in [0.2, 0.25) is 0 Å². The molecule has 9 heteroatoms. The van der Waals surface area contributed by atoms with Crippen LogP contribution in [0.3, 0.4) is 0 Å². The molecule has 7 nitrogen and oxygen atoms in total. The average molecular weight is 307 g/mol. The minimum absolute atomic E-state index is 0.0606. The van der Waals surface area contributed by atoms with Crippen molar-refractivity contribution in [3.63, 3.8) is 0 Å². The first-order valence-corrected chi connectivity index (χ1v) is 7.92. The molecule has 2 N–H and O–H groups in total. The van der Waals surface area contributed by atoms with Gasteiger partial charge >= 0.3 is 0 Å². The first-order chi connectivity index (χ1) is 8.67. The number of nitrogens with zero attached hydrogens (tertiary/aromatic N) is 4. The summed E-state index contributed by atoms with van der Waals surface area (Å²) in [6.45, 7) is 1.51. The summed E-state index contributed by atoms with van der Waals surface area (Å²) < 4.78 is 29.6. The first-order valence-electron chi connectivity index (χ1n) is 5.71. The zero-order chi connectivity index (χ0) is 14.8. The van der Waals surface area contributed by atoms with Crippen LogP contribution in [-0.4, -0.2) is 70.3 Å². The number of hydrogen-bond acceptors (Lipinski definition) is 7. The molecule has 0 aromatic carbocycles. The van der Waals surface area contributed by atoms with Crippen molar-refractivity contribution in [2.75, 3.05) is 59.0 Å². The molecule has 0 radical (unpaired) electrons. The standard InChI is InChI=1S/C10H21N5O2S2/c1-13(2)6-7-15(5)10-8(9(11)12-18-10)19(16,17)14(3)4/h6-7H2,1-5H3,(H2,11,12). The topological polar surface area (TPSA) is 82.8 Å². The van der Waals surface area contributed by atoms with E-state index < -0.39 is 10.0 Å². The summed E-state index contributed by atoms with van der Waals surface area (Å²) in [5, 5.41) is 0.577. The van der Waals surface area contributed by atoms with Crippen LogP contribution < -0.4 is 10.6 Å². The van der Waals surface area contributed by atoms with Crippen molar-refractivity contribution in [3.8, 4) is 0 Å². The van der Waals surface area contributed by atoms with E-state index in [1.807, 2.05) is 30.9 Å². The summed E-state index contributed by atoms with van der Waals surface area (Å²) in [6.07, 6.45) is 0. The molecule has 0 spiro atoms. The summed E-state index contributed by atoms with van der Waals surface area (Å²) >= 11 is 1.11. The van der Waals surface area contributed by atoms with Gasteiger partial charge in [0, 0.05) is 34.2 Å². The minimum Gasteiger partial charge on any atom is -0.382 e. The molecule has 1 rings (SSSR count). The molecule has 0 bridgehead atoms. The van der Waals surface area contributed by atoms with Crippen LogP contribution in [-0.2, 0) is 10.0 Å². The number of likely N-dealkylation sites (N-methyl/N-ethyl adjacent to an activating group) is 2. The van der Waals surface area contributed by atoms with Gasteiger partial charge in [-0.1, -0.05) is 0 Å². The van der Waals surface area contributed by atoms with Crippen molar-refractivity contribution in [3.05, 3.63) is 0 Å². The SMILES string of the molecule is CN(C)CCN(C)c1snc(N)c1S(=O)(=O)N(C)C. The maximum absolute atomic E-state index is 12.3. The van der Waals surface area contributed by atoms with Crippen LogP contribution >= 0.6 is 11.5 Å². The number of aromatic nitrogens is 1. The quantitative estimate of drug-likeness (QED) is 0.795.